The summed E-state index contributed by atoms with van der Waals surface area (Å²) in [6, 6.07) is 0. The molecule has 0 saturated heterocycles. The normalized spacial score (nSPS) is 34.2. The van der Waals surface area contributed by atoms with E-state index in [0.29, 0.717) is 5.41 Å². The van der Waals surface area contributed by atoms with Crippen LogP contribution in [-0.2, 0) is 0 Å². The highest BCUT2D eigenvalue weighted by Crippen LogP contribution is 2.63. The Morgan fingerprint density at radius 3 is 2.13 bits per heavy atom. The van der Waals surface area contributed by atoms with Crippen LogP contribution in [0.25, 0.3) is 0 Å². The third-order valence-electron chi connectivity index (χ3n) is 5.18. The van der Waals surface area contributed by atoms with Gasteiger partial charge in [-0.05, 0) is 35.5 Å². The first-order chi connectivity index (χ1) is 6.97. The van der Waals surface area contributed by atoms with Gasteiger partial charge in [0.15, 0.2) is 0 Å². The fourth-order valence-electron chi connectivity index (χ4n) is 3.24. The summed E-state index contributed by atoms with van der Waals surface area (Å²) in [6.45, 7) is 14.5. The smallest absolute Gasteiger partial charge is 0.0269 e. The molecule has 15 heavy (non-hydrogen) atoms. The molecule has 4 unspecified atom stereocenters. The van der Waals surface area contributed by atoms with Crippen LogP contribution in [0, 0.1) is 29.1 Å². The molecule has 0 aromatic rings. The van der Waals surface area contributed by atoms with E-state index in [4.69, 9.17) is 0 Å². The van der Waals surface area contributed by atoms with Crippen LogP contribution in [0.3, 0.4) is 0 Å². The second-order valence-corrected chi connectivity index (χ2v) is 6.31. The van der Waals surface area contributed by atoms with Gasteiger partial charge in [0.25, 0.3) is 0 Å². The molecule has 0 aromatic heterocycles. The average molecular weight is 210 g/mol. The Morgan fingerprint density at radius 2 is 1.80 bits per heavy atom. The van der Waals surface area contributed by atoms with Crippen molar-refractivity contribution in [3.8, 4) is 0 Å². The number of hydrogen-bond donors (Lipinski definition) is 0. The summed E-state index contributed by atoms with van der Waals surface area (Å²) < 4.78 is 0. The van der Waals surface area contributed by atoms with Crippen molar-refractivity contribution in [2.45, 2.75) is 67.2 Å². The third kappa shape index (κ3) is 2.57. The number of hydrogen-bond acceptors (Lipinski definition) is 0. The first-order valence-electron chi connectivity index (χ1n) is 6.97. The average Bonchev–Trinajstić information content (AvgIpc) is 2.87. The van der Waals surface area contributed by atoms with Crippen LogP contribution >= 0.6 is 0 Å². The van der Waals surface area contributed by atoms with Crippen LogP contribution in [-0.4, -0.2) is 0 Å². The van der Waals surface area contributed by atoms with Crippen molar-refractivity contribution in [2.75, 3.05) is 0 Å². The van der Waals surface area contributed by atoms with Gasteiger partial charge in [0.1, 0.15) is 0 Å². The van der Waals surface area contributed by atoms with E-state index in [1.807, 2.05) is 0 Å². The summed E-state index contributed by atoms with van der Waals surface area (Å²) in [5.74, 6) is 3.81. The Labute approximate surface area is 96.8 Å². The molecule has 0 heterocycles. The van der Waals surface area contributed by atoms with Crippen molar-refractivity contribution in [1.82, 2.24) is 0 Å². The fourth-order valence-corrected chi connectivity index (χ4v) is 3.24. The molecular formula is C15H30. The summed E-state index contributed by atoms with van der Waals surface area (Å²) in [5, 5.41) is 0. The zero-order valence-corrected chi connectivity index (χ0v) is 11.6. The largest absolute Gasteiger partial charge is 0.0654 e. The lowest BCUT2D eigenvalue weighted by atomic mass is 9.79. The quantitative estimate of drug-likeness (QED) is 0.570. The van der Waals surface area contributed by atoms with E-state index >= 15 is 0 Å². The van der Waals surface area contributed by atoms with E-state index in [9.17, 15) is 0 Å². The Morgan fingerprint density at radius 1 is 1.20 bits per heavy atom. The first kappa shape index (κ1) is 13.1. The maximum absolute atomic E-state index is 2.51. The molecule has 0 aliphatic heterocycles. The molecule has 0 bridgehead atoms. The van der Waals surface area contributed by atoms with E-state index in [1.54, 1.807) is 0 Å². The maximum atomic E-state index is 2.51. The molecule has 1 saturated carbocycles. The fraction of sp³-hybridized carbons (Fsp3) is 1.00. The summed E-state index contributed by atoms with van der Waals surface area (Å²) in [4.78, 5) is 0. The minimum Gasteiger partial charge on any atom is -0.0654 e. The molecule has 0 aromatic carbocycles. The van der Waals surface area contributed by atoms with Gasteiger partial charge in [-0.2, -0.15) is 0 Å². The van der Waals surface area contributed by atoms with Crippen molar-refractivity contribution >= 4 is 0 Å². The van der Waals surface area contributed by atoms with Crippen LogP contribution in [0.15, 0.2) is 0 Å². The molecule has 1 rings (SSSR count). The van der Waals surface area contributed by atoms with E-state index < -0.39 is 0 Å². The number of rotatable bonds is 6. The molecule has 0 nitrogen and oxygen atoms in total. The molecule has 1 aliphatic carbocycles. The second kappa shape index (κ2) is 4.89. The van der Waals surface area contributed by atoms with Gasteiger partial charge < -0.3 is 0 Å². The predicted octanol–water partition coefficient (Wildman–Crippen LogP) is 5.13. The van der Waals surface area contributed by atoms with E-state index in [-0.39, 0.29) is 0 Å². The molecule has 4 atom stereocenters. The zero-order valence-electron chi connectivity index (χ0n) is 11.6. The molecule has 0 heteroatoms. The lowest BCUT2D eigenvalue weighted by Crippen LogP contribution is -2.19. The Balaban J connectivity index is 2.60. The first-order valence-corrected chi connectivity index (χ1v) is 6.97. The summed E-state index contributed by atoms with van der Waals surface area (Å²) >= 11 is 0. The Hall–Kier alpha value is 0. The molecule has 0 N–H and O–H groups in total. The highest BCUT2D eigenvalue weighted by molar-refractivity contribution is 5.04. The van der Waals surface area contributed by atoms with E-state index in [2.05, 4.69) is 41.5 Å². The van der Waals surface area contributed by atoms with Gasteiger partial charge in [0.05, 0.1) is 0 Å². The summed E-state index contributed by atoms with van der Waals surface area (Å²) in [5.41, 5.74) is 0.670. The van der Waals surface area contributed by atoms with Gasteiger partial charge in [-0.25, -0.2) is 0 Å². The topological polar surface area (TPSA) is 0 Å². The van der Waals surface area contributed by atoms with Gasteiger partial charge in [0, 0.05) is 0 Å². The molecule has 0 radical (unpaired) electrons. The Bertz CT molecular complexity index is 194. The van der Waals surface area contributed by atoms with Gasteiger partial charge in [-0.15, -0.1) is 0 Å². The Kier molecular flexibility index (Phi) is 4.26. The van der Waals surface area contributed by atoms with Crippen molar-refractivity contribution in [1.29, 1.82) is 0 Å². The van der Waals surface area contributed by atoms with Crippen LogP contribution in [0.4, 0.5) is 0 Å². The summed E-state index contributed by atoms with van der Waals surface area (Å²) in [6.07, 6.45) is 5.65. The summed E-state index contributed by atoms with van der Waals surface area (Å²) in [7, 11) is 0. The minimum atomic E-state index is 0.670. The van der Waals surface area contributed by atoms with Crippen LogP contribution in [0.2, 0.25) is 0 Å². The van der Waals surface area contributed by atoms with Crippen LogP contribution < -0.4 is 0 Å². The van der Waals surface area contributed by atoms with Crippen molar-refractivity contribution < 1.29 is 0 Å². The molecule has 0 amide bonds. The van der Waals surface area contributed by atoms with E-state index in [1.165, 1.54) is 25.7 Å². The van der Waals surface area contributed by atoms with Crippen LogP contribution in [0.1, 0.15) is 67.2 Å². The van der Waals surface area contributed by atoms with Crippen LogP contribution in [0.5, 0.6) is 0 Å². The monoisotopic (exact) mass is 210 g/mol. The van der Waals surface area contributed by atoms with Gasteiger partial charge >= 0.3 is 0 Å². The van der Waals surface area contributed by atoms with Gasteiger partial charge in [-0.3, -0.25) is 0 Å². The van der Waals surface area contributed by atoms with E-state index in [0.717, 1.165) is 23.7 Å². The maximum Gasteiger partial charge on any atom is -0.0269 e. The zero-order chi connectivity index (χ0) is 11.6. The second-order valence-electron chi connectivity index (χ2n) is 6.31. The van der Waals surface area contributed by atoms with Crippen molar-refractivity contribution in [2.24, 2.45) is 29.1 Å². The van der Waals surface area contributed by atoms with Crippen molar-refractivity contribution in [3.63, 3.8) is 0 Å². The molecule has 1 aliphatic rings. The highest BCUT2D eigenvalue weighted by Gasteiger charge is 2.55. The minimum absolute atomic E-state index is 0.670. The molecular weight excluding hydrogens is 180 g/mol. The lowest BCUT2D eigenvalue weighted by Gasteiger charge is -2.27. The molecule has 0 spiro atoms. The lowest BCUT2D eigenvalue weighted by molar-refractivity contribution is 0.226. The van der Waals surface area contributed by atoms with Gasteiger partial charge in [0.2, 0.25) is 0 Å². The highest BCUT2D eigenvalue weighted by atomic mass is 14.6. The predicted molar refractivity (Wildman–Crippen MR) is 68.9 cm³/mol. The van der Waals surface area contributed by atoms with Crippen molar-refractivity contribution in [3.05, 3.63) is 0 Å². The third-order valence-corrected chi connectivity index (χ3v) is 5.18. The molecule has 1 fully saturated rings. The molecule has 90 valence electrons. The SMILES string of the molecule is CCCC(C(C)CC)C1CC1(C)C(C)C. The van der Waals surface area contributed by atoms with Gasteiger partial charge in [-0.1, -0.05) is 60.8 Å². The standard InChI is InChI=1S/C15H30/c1-7-9-13(12(5)8-2)14-10-15(14,6)11(3)4/h11-14H,7-10H2,1-6H3.